The van der Waals surface area contributed by atoms with Gasteiger partial charge in [-0.2, -0.15) is 5.10 Å². The number of ether oxygens (including phenoxy) is 1. The molecule has 4 rings (SSSR count). The first-order valence-electron chi connectivity index (χ1n) is 10.7. The van der Waals surface area contributed by atoms with Gasteiger partial charge < -0.3 is 10.1 Å². The van der Waals surface area contributed by atoms with Gasteiger partial charge in [0, 0.05) is 16.1 Å². The topological polar surface area (TPSA) is 45.7 Å². The van der Waals surface area contributed by atoms with Crippen LogP contribution in [-0.2, 0) is 6.61 Å². The Labute approximate surface area is 197 Å². The number of halogens is 1. The zero-order valence-corrected chi connectivity index (χ0v) is 19.7. The first-order valence-corrected chi connectivity index (χ1v) is 11.9. The SMILES string of the molecule is S=C(NN=Cc1c(OCc2cccc(Br)c2)ccc2ccccc12)NC1CCCCC1. The van der Waals surface area contributed by atoms with Gasteiger partial charge in [0.1, 0.15) is 12.4 Å². The molecule has 1 aliphatic carbocycles. The number of benzene rings is 3. The fourth-order valence-corrected chi connectivity index (χ4v) is 4.61. The number of rotatable bonds is 6. The van der Waals surface area contributed by atoms with Crippen molar-refractivity contribution in [1.82, 2.24) is 10.7 Å². The second-order valence-corrected chi connectivity index (χ2v) is 9.12. The molecule has 0 radical (unpaired) electrons. The van der Waals surface area contributed by atoms with E-state index in [0.717, 1.165) is 32.1 Å². The molecule has 0 saturated heterocycles. The minimum atomic E-state index is 0.450. The molecule has 0 aliphatic heterocycles. The van der Waals surface area contributed by atoms with Crippen molar-refractivity contribution < 1.29 is 4.74 Å². The molecule has 0 amide bonds. The Morgan fingerprint density at radius 1 is 1.06 bits per heavy atom. The molecule has 3 aromatic carbocycles. The van der Waals surface area contributed by atoms with Gasteiger partial charge in [0.2, 0.25) is 0 Å². The normalized spacial score (nSPS) is 14.6. The van der Waals surface area contributed by atoms with Gasteiger partial charge >= 0.3 is 0 Å². The highest BCUT2D eigenvalue weighted by molar-refractivity contribution is 9.10. The average molecular weight is 496 g/mol. The van der Waals surface area contributed by atoms with Crippen LogP contribution in [0, 0.1) is 0 Å². The lowest BCUT2D eigenvalue weighted by Gasteiger charge is -2.23. The number of hydrazone groups is 1. The highest BCUT2D eigenvalue weighted by Gasteiger charge is 2.13. The lowest BCUT2D eigenvalue weighted by molar-refractivity contribution is 0.306. The van der Waals surface area contributed by atoms with Crippen molar-refractivity contribution in [2.75, 3.05) is 0 Å². The number of nitrogens with zero attached hydrogens (tertiary/aromatic N) is 1. The van der Waals surface area contributed by atoms with Gasteiger partial charge in [-0.1, -0.05) is 77.7 Å². The van der Waals surface area contributed by atoms with E-state index in [-0.39, 0.29) is 0 Å². The van der Waals surface area contributed by atoms with E-state index in [0.29, 0.717) is 17.8 Å². The molecule has 4 nitrogen and oxygen atoms in total. The average Bonchev–Trinajstić information content (AvgIpc) is 2.79. The Bertz CT molecular complexity index is 1080. The summed E-state index contributed by atoms with van der Waals surface area (Å²) in [6.07, 6.45) is 7.98. The lowest BCUT2D eigenvalue weighted by atomic mass is 9.96. The summed E-state index contributed by atoms with van der Waals surface area (Å²) < 4.78 is 7.22. The highest BCUT2D eigenvalue weighted by atomic mass is 79.9. The molecular weight excluding hydrogens is 470 g/mol. The van der Waals surface area contributed by atoms with Gasteiger partial charge in [-0.3, -0.25) is 5.43 Å². The van der Waals surface area contributed by atoms with E-state index in [1.54, 1.807) is 6.21 Å². The van der Waals surface area contributed by atoms with Crippen molar-refractivity contribution >= 4 is 50.2 Å². The maximum Gasteiger partial charge on any atom is 0.187 e. The Kier molecular flexibility index (Phi) is 7.54. The van der Waals surface area contributed by atoms with Gasteiger partial charge in [-0.05, 0) is 59.6 Å². The van der Waals surface area contributed by atoms with Gasteiger partial charge in [0.15, 0.2) is 5.11 Å². The number of nitrogens with one attached hydrogen (secondary N) is 2. The zero-order chi connectivity index (χ0) is 21.5. The number of thiocarbonyl (C=S) groups is 1. The third kappa shape index (κ3) is 6.05. The molecule has 3 aromatic rings. The summed E-state index contributed by atoms with van der Waals surface area (Å²) in [4.78, 5) is 0. The molecule has 0 bridgehead atoms. The number of hydrogen-bond donors (Lipinski definition) is 2. The molecule has 2 N–H and O–H groups in total. The molecule has 0 unspecified atom stereocenters. The van der Waals surface area contributed by atoms with Crippen LogP contribution in [0.2, 0.25) is 0 Å². The van der Waals surface area contributed by atoms with Crippen molar-refractivity contribution in [2.45, 2.75) is 44.8 Å². The first kappa shape index (κ1) is 21.8. The van der Waals surface area contributed by atoms with Crippen LogP contribution in [0.3, 0.4) is 0 Å². The van der Waals surface area contributed by atoms with E-state index in [1.165, 1.54) is 32.1 Å². The van der Waals surface area contributed by atoms with Crippen molar-refractivity contribution in [2.24, 2.45) is 5.10 Å². The van der Waals surface area contributed by atoms with E-state index < -0.39 is 0 Å². The molecule has 0 heterocycles. The van der Waals surface area contributed by atoms with E-state index in [1.807, 2.05) is 30.3 Å². The van der Waals surface area contributed by atoms with Gasteiger partial charge in [-0.15, -0.1) is 0 Å². The third-order valence-electron chi connectivity index (χ3n) is 5.51. The second-order valence-electron chi connectivity index (χ2n) is 7.80. The first-order chi connectivity index (χ1) is 15.2. The van der Waals surface area contributed by atoms with Crippen LogP contribution in [-0.4, -0.2) is 17.4 Å². The summed E-state index contributed by atoms with van der Waals surface area (Å²) in [5, 5.41) is 10.6. The van der Waals surface area contributed by atoms with Crippen LogP contribution < -0.4 is 15.5 Å². The van der Waals surface area contributed by atoms with Crippen LogP contribution in [0.4, 0.5) is 0 Å². The Hall–Kier alpha value is -2.44. The fourth-order valence-electron chi connectivity index (χ4n) is 3.94. The summed E-state index contributed by atoms with van der Waals surface area (Å²) >= 11 is 8.95. The molecule has 0 spiro atoms. The van der Waals surface area contributed by atoms with Crippen molar-refractivity contribution in [3.63, 3.8) is 0 Å². The highest BCUT2D eigenvalue weighted by Crippen LogP contribution is 2.27. The maximum absolute atomic E-state index is 6.18. The summed E-state index contributed by atoms with van der Waals surface area (Å²) in [5.74, 6) is 0.787. The van der Waals surface area contributed by atoms with Crippen LogP contribution in [0.5, 0.6) is 5.75 Å². The minimum Gasteiger partial charge on any atom is -0.488 e. The largest absolute Gasteiger partial charge is 0.488 e. The summed E-state index contributed by atoms with van der Waals surface area (Å²) in [5.41, 5.74) is 5.01. The zero-order valence-electron chi connectivity index (χ0n) is 17.3. The van der Waals surface area contributed by atoms with Crippen LogP contribution in [0.15, 0.2) is 70.2 Å². The van der Waals surface area contributed by atoms with Crippen LogP contribution in [0.25, 0.3) is 10.8 Å². The smallest absolute Gasteiger partial charge is 0.187 e. The number of hydrogen-bond acceptors (Lipinski definition) is 3. The van der Waals surface area contributed by atoms with Gasteiger partial charge in [0.25, 0.3) is 0 Å². The molecule has 160 valence electrons. The molecule has 1 saturated carbocycles. The predicted molar refractivity (Wildman–Crippen MR) is 136 cm³/mol. The summed E-state index contributed by atoms with van der Waals surface area (Å²) in [6, 6.07) is 20.9. The predicted octanol–water partition coefficient (Wildman–Crippen LogP) is 6.31. The molecule has 6 heteroatoms. The second kappa shape index (κ2) is 10.7. The monoisotopic (exact) mass is 495 g/mol. The van der Waals surface area contributed by atoms with E-state index in [4.69, 9.17) is 17.0 Å². The van der Waals surface area contributed by atoms with E-state index >= 15 is 0 Å². The van der Waals surface area contributed by atoms with Crippen LogP contribution in [0.1, 0.15) is 43.2 Å². The van der Waals surface area contributed by atoms with Gasteiger partial charge in [0.05, 0.1) is 6.21 Å². The Morgan fingerprint density at radius 2 is 1.90 bits per heavy atom. The van der Waals surface area contributed by atoms with Gasteiger partial charge in [-0.25, -0.2) is 0 Å². The molecule has 1 aliphatic rings. The number of fused-ring (bicyclic) bond motifs is 1. The molecular formula is C25H26BrN3OS. The maximum atomic E-state index is 6.18. The standard InChI is InChI=1S/C25H26BrN3OS/c26-20-9-6-7-18(15-20)17-30-24-14-13-19-8-4-5-12-22(19)23(24)16-27-29-25(31)28-21-10-2-1-3-11-21/h4-9,12-16,21H,1-3,10-11,17H2,(H2,28,29,31). The molecule has 31 heavy (non-hydrogen) atoms. The van der Waals surface area contributed by atoms with Crippen LogP contribution >= 0.6 is 28.1 Å². The summed E-state index contributed by atoms with van der Waals surface area (Å²) in [7, 11) is 0. The fraction of sp³-hybridized carbons (Fsp3) is 0.280. The molecule has 0 aromatic heterocycles. The quantitative estimate of drug-likeness (QED) is 0.239. The Balaban J connectivity index is 1.49. The minimum absolute atomic E-state index is 0.450. The van der Waals surface area contributed by atoms with Crippen molar-refractivity contribution in [1.29, 1.82) is 0 Å². The lowest BCUT2D eigenvalue weighted by Crippen LogP contribution is -2.40. The molecule has 0 atom stereocenters. The Morgan fingerprint density at radius 3 is 2.74 bits per heavy atom. The summed E-state index contributed by atoms with van der Waals surface area (Å²) in [6.45, 7) is 0.480. The third-order valence-corrected chi connectivity index (χ3v) is 6.22. The van der Waals surface area contributed by atoms with E-state index in [2.05, 4.69) is 62.1 Å². The van der Waals surface area contributed by atoms with Crippen molar-refractivity contribution in [3.05, 3.63) is 76.3 Å². The molecule has 1 fully saturated rings. The van der Waals surface area contributed by atoms with E-state index in [9.17, 15) is 0 Å². The van der Waals surface area contributed by atoms with Crippen molar-refractivity contribution in [3.8, 4) is 5.75 Å².